The Morgan fingerprint density at radius 3 is 2.46 bits per heavy atom. The van der Waals surface area contributed by atoms with E-state index in [4.69, 9.17) is 9.84 Å². The molecule has 6 nitrogen and oxygen atoms in total. The number of nitrogens with one attached hydrogen (secondary N) is 1. The van der Waals surface area contributed by atoms with Gasteiger partial charge in [0.25, 0.3) is 5.56 Å². The molecule has 0 aliphatic heterocycles. The van der Waals surface area contributed by atoms with Gasteiger partial charge in [0.1, 0.15) is 5.75 Å². The molecule has 0 fully saturated rings. The minimum atomic E-state index is -1.03. The molecule has 1 heterocycles. The highest BCUT2D eigenvalue weighted by Crippen LogP contribution is 2.14. The average molecular weight is 350 g/mol. The molecule has 0 aliphatic carbocycles. The Morgan fingerprint density at radius 2 is 1.85 bits per heavy atom. The number of benzene rings is 2. The maximum absolute atomic E-state index is 12.7. The smallest absolute Gasteiger partial charge is 0.344 e. The predicted octanol–water partition coefficient (Wildman–Crippen LogP) is 1.26. The number of nitrogens with zero attached hydrogens (tertiary/aromatic N) is 1. The van der Waals surface area contributed by atoms with Gasteiger partial charge in [-0.2, -0.15) is 0 Å². The van der Waals surface area contributed by atoms with Crippen molar-refractivity contribution in [3.05, 3.63) is 81.1 Å². The van der Waals surface area contributed by atoms with Crippen LogP contribution in [-0.2, 0) is 4.79 Å². The number of carbonyl (C=O) groups is 1. The molecule has 2 N–H and O–H groups in total. The SMILES string of the molecule is C=c1[nH]n(-c2ccccc2)c(=O)/c1=C/c1ccc(O[C@@H](C)C(=O)O)cc1. The number of rotatable bonds is 5. The standard InChI is InChI=1S/C20H18N2O4/c1-13-18(19(23)22(21-13)16-6-4-3-5-7-16)12-15-8-10-17(11-9-15)26-14(2)20(24)25/h3-12,14,21H,1H2,2H3,(H,24,25)/b18-12+/t14-/m0/s1. The van der Waals surface area contributed by atoms with E-state index < -0.39 is 12.1 Å². The zero-order valence-corrected chi connectivity index (χ0v) is 14.2. The molecule has 3 rings (SSSR count). The number of carboxylic acid groups (broad SMARTS) is 1. The summed E-state index contributed by atoms with van der Waals surface area (Å²) in [5, 5.41) is 12.8. The van der Waals surface area contributed by atoms with E-state index in [1.807, 2.05) is 30.3 Å². The molecule has 1 aromatic heterocycles. The number of carboxylic acids is 1. The van der Waals surface area contributed by atoms with Crippen molar-refractivity contribution in [3.8, 4) is 11.4 Å². The van der Waals surface area contributed by atoms with Gasteiger partial charge in [0.05, 0.1) is 16.3 Å². The number of aromatic nitrogens is 2. The molecule has 26 heavy (non-hydrogen) atoms. The van der Waals surface area contributed by atoms with Gasteiger partial charge in [-0.15, -0.1) is 0 Å². The van der Waals surface area contributed by atoms with Crippen LogP contribution in [0.4, 0.5) is 0 Å². The summed E-state index contributed by atoms with van der Waals surface area (Å²) in [5.41, 5.74) is 1.32. The minimum absolute atomic E-state index is 0.193. The Hall–Kier alpha value is -3.54. The first kappa shape index (κ1) is 17.3. The monoisotopic (exact) mass is 350 g/mol. The van der Waals surface area contributed by atoms with Crippen LogP contribution in [-0.4, -0.2) is 27.0 Å². The number of ether oxygens (including phenoxy) is 1. The maximum Gasteiger partial charge on any atom is 0.344 e. The lowest BCUT2D eigenvalue weighted by atomic mass is 10.2. The zero-order chi connectivity index (χ0) is 18.7. The molecule has 1 atom stereocenters. The number of hydrogen-bond donors (Lipinski definition) is 2. The molecule has 6 heteroatoms. The average Bonchev–Trinajstić information content (AvgIpc) is 2.92. The molecule has 0 aliphatic rings. The van der Waals surface area contributed by atoms with Crippen molar-refractivity contribution in [1.29, 1.82) is 0 Å². The van der Waals surface area contributed by atoms with Crippen molar-refractivity contribution in [3.63, 3.8) is 0 Å². The van der Waals surface area contributed by atoms with Crippen LogP contribution < -0.4 is 20.9 Å². The second-order valence-corrected chi connectivity index (χ2v) is 5.79. The first-order chi connectivity index (χ1) is 12.5. The lowest BCUT2D eigenvalue weighted by Crippen LogP contribution is -2.33. The van der Waals surface area contributed by atoms with Gasteiger partial charge in [0, 0.05) is 0 Å². The third kappa shape index (κ3) is 3.59. The quantitative estimate of drug-likeness (QED) is 0.725. The van der Waals surface area contributed by atoms with Gasteiger partial charge in [0.2, 0.25) is 0 Å². The number of H-pyrrole nitrogens is 1. The van der Waals surface area contributed by atoms with Crippen LogP contribution in [0.5, 0.6) is 5.75 Å². The van der Waals surface area contributed by atoms with E-state index in [2.05, 4.69) is 11.7 Å². The van der Waals surface area contributed by atoms with Gasteiger partial charge in [-0.05, 0) is 42.8 Å². The highest BCUT2D eigenvalue weighted by atomic mass is 16.5. The summed E-state index contributed by atoms with van der Waals surface area (Å²) < 4.78 is 6.74. The largest absolute Gasteiger partial charge is 0.479 e. The summed E-state index contributed by atoms with van der Waals surface area (Å²) >= 11 is 0. The van der Waals surface area contributed by atoms with Gasteiger partial charge in [-0.25, -0.2) is 9.48 Å². The normalized spacial score (nSPS) is 12.7. The molecule has 0 unspecified atom stereocenters. The molecule has 132 valence electrons. The van der Waals surface area contributed by atoms with E-state index in [1.165, 1.54) is 11.6 Å². The zero-order valence-electron chi connectivity index (χ0n) is 14.2. The van der Waals surface area contributed by atoms with E-state index in [0.29, 0.717) is 16.3 Å². The molecule has 0 amide bonds. The topological polar surface area (TPSA) is 84.3 Å². The van der Waals surface area contributed by atoms with Crippen LogP contribution in [0, 0.1) is 0 Å². The van der Waals surface area contributed by atoms with E-state index in [1.54, 1.807) is 30.3 Å². The minimum Gasteiger partial charge on any atom is -0.479 e. The van der Waals surface area contributed by atoms with E-state index >= 15 is 0 Å². The lowest BCUT2D eigenvalue weighted by molar-refractivity contribution is -0.144. The molecule has 3 aromatic rings. The second kappa shape index (κ2) is 7.14. The first-order valence-corrected chi connectivity index (χ1v) is 8.02. The summed E-state index contributed by atoms with van der Waals surface area (Å²) in [5.74, 6) is -0.584. The Balaban J connectivity index is 1.94. The van der Waals surface area contributed by atoms with Crippen molar-refractivity contribution in [1.82, 2.24) is 9.78 Å². The van der Waals surface area contributed by atoms with Crippen molar-refractivity contribution in [2.24, 2.45) is 0 Å². The molecular weight excluding hydrogens is 332 g/mol. The van der Waals surface area contributed by atoms with Crippen LogP contribution in [0.2, 0.25) is 0 Å². The Kier molecular flexibility index (Phi) is 4.75. The number of aromatic amines is 1. The molecule has 0 bridgehead atoms. The Bertz CT molecular complexity index is 1080. The fraction of sp³-hybridized carbons (Fsp3) is 0.100. The lowest BCUT2D eigenvalue weighted by Gasteiger charge is -2.09. The van der Waals surface area contributed by atoms with E-state index in [9.17, 15) is 9.59 Å². The van der Waals surface area contributed by atoms with Gasteiger partial charge in [-0.1, -0.05) is 36.9 Å². The highest BCUT2D eigenvalue weighted by molar-refractivity contribution is 5.72. The molecule has 2 aromatic carbocycles. The molecule has 0 radical (unpaired) electrons. The van der Waals surface area contributed by atoms with Crippen LogP contribution in [0.15, 0.2) is 59.4 Å². The van der Waals surface area contributed by atoms with Crippen molar-refractivity contribution < 1.29 is 14.6 Å². The highest BCUT2D eigenvalue weighted by Gasteiger charge is 2.12. The van der Waals surface area contributed by atoms with Crippen LogP contribution in [0.3, 0.4) is 0 Å². The van der Waals surface area contributed by atoms with Gasteiger partial charge in [0.15, 0.2) is 6.10 Å². The summed E-state index contributed by atoms with van der Waals surface area (Å²) in [6.45, 7) is 5.36. The van der Waals surface area contributed by atoms with Crippen LogP contribution in [0.1, 0.15) is 12.5 Å². The molecule has 0 saturated heterocycles. The third-order valence-electron chi connectivity index (χ3n) is 3.87. The predicted molar refractivity (Wildman–Crippen MR) is 98.9 cm³/mol. The van der Waals surface area contributed by atoms with Crippen molar-refractivity contribution in [2.45, 2.75) is 13.0 Å². The molecule has 0 spiro atoms. The van der Waals surface area contributed by atoms with Crippen LogP contribution in [0.25, 0.3) is 18.3 Å². The molecule has 0 saturated carbocycles. The first-order valence-electron chi connectivity index (χ1n) is 8.02. The third-order valence-corrected chi connectivity index (χ3v) is 3.87. The fourth-order valence-corrected chi connectivity index (χ4v) is 2.47. The van der Waals surface area contributed by atoms with E-state index in [-0.39, 0.29) is 5.56 Å². The summed E-state index contributed by atoms with van der Waals surface area (Å²) in [6, 6.07) is 16.1. The number of hydrogen-bond acceptors (Lipinski definition) is 3. The fourth-order valence-electron chi connectivity index (χ4n) is 2.47. The summed E-state index contributed by atoms with van der Waals surface area (Å²) in [6.07, 6.45) is 0.796. The number of aliphatic carboxylic acids is 1. The Morgan fingerprint density at radius 1 is 1.19 bits per heavy atom. The maximum atomic E-state index is 12.7. The number of para-hydroxylation sites is 1. The van der Waals surface area contributed by atoms with Gasteiger partial charge >= 0.3 is 5.97 Å². The van der Waals surface area contributed by atoms with E-state index in [0.717, 1.165) is 11.3 Å². The Labute approximate surface area is 149 Å². The second-order valence-electron chi connectivity index (χ2n) is 5.79. The summed E-state index contributed by atoms with van der Waals surface area (Å²) in [4.78, 5) is 23.5. The van der Waals surface area contributed by atoms with Crippen LogP contribution >= 0.6 is 0 Å². The van der Waals surface area contributed by atoms with Gasteiger partial charge in [-0.3, -0.25) is 9.89 Å². The van der Waals surface area contributed by atoms with Crippen molar-refractivity contribution in [2.75, 3.05) is 0 Å². The van der Waals surface area contributed by atoms with Crippen molar-refractivity contribution >= 4 is 18.6 Å². The van der Waals surface area contributed by atoms with Gasteiger partial charge < -0.3 is 9.84 Å². The molecular formula is C20H18N2O4. The summed E-state index contributed by atoms with van der Waals surface area (Å²) in [7, 11) is 0.